The van der Waals surface area contributed by atoms with E-state index in [0.29, 0.717) is 47.8 Å². The molecule has 0 saturated heterocycles. The molecule has 0 fully saturated rings. The molecule has 3 aromatic carbocycles. The highest BCUT2D eigenvalue weighted by atomic mass is 32.3. The molecule has 9 N–H and O–H groups in total. The maximum Gasteiger partial charge on any atom is 0.446 e. The second kappa shape index (κ2) is 27.1. The first kappa shape index (κ1) is 55.4. The number of hydrogen-bond donors (Lipinski definition) is 9. The van der Waals surface area contributed by atoms with Crippen LogP contribution in [0.25, 0.3) is 10.9 Å². The highest BCUT2D eigenvalue weighted by molar-refractivity contribution is 7.81. The van der Waals surface area contributed by atoms with Crippen molar-refractivity contribution in [3.63, 3.8) is 0 Å². The van der Waals surface area contributed by atoms with Gasteiger partial charge in [-0.1, -0.05) is 88.1 Å². The van der Waals surface area contributed by atoms with Crippen LogP contribution in [0.5, 0.6) is 5.75 Å². The Hall–Kier alpha value is -7.17. The summed E-state index contributed by atoms with van der Waals surface area (Å²) in [5.74, 6) is -5.45. The summed E-state index contributed by atoms with van der Waals surface area (Å²) < 4.78 is 35.3. The number of amides is 8. The molecule has 4 atom stereocenters. The number of fused-ring (bicyclic) bond motifs is 1. The first-order valence-corrected chi connectivity index (χ1v) is 24.3. The van der Waals surface area contributed by atoms with Gasteiger partial charge in [0.25, 0.3) is 5.91 Å². The van der Waals surface area contributed by atoms with Crippen LogP contribution in [0, 0.1) is 0 Å². The van der Waals surface area contributed by atoms with Crippen LogP contribution in [0.3, 0.4) is 0 Å². The third-order valence-electron chi connectivity index (χ3n) is 11.1. The molecule has 378 valence electrons. The Kier molecular flexibility index (Phi) is 21.5. The van der Waals surface area contributed by atoms with E-state index in [1.165, 1.54) is 37.4 Å². The smallest absolute Gasteiger partial charge is 0.446 e. The van der Waals surface area contributed by atoms with Crippen LogP contribution in [0.15, 0.2) is 79.0 Å². The number of para-hydroxylation sites is 1. The largest absolute Gasteiger partial charge is 0.481 e. The topological polar surface area (TPSA) is 312 Å². The van der Waals surface area contributed by atoms with Crippen LogP contribution in [0.1, 0.15) is 99.2 Å². The number of likely N-dealkylation sites (N-methyl/N-ethyl adjacent to an activating group) is 1. The summed E-state index contributed by atoms with van der Waals surface area (Å²) in [6.07, 6.45) is 4.14. The number of carboxylic acid groups (broad SMARTS) is 1. The third kappa shape index (κ3) is 17.7. The Morgan fingerprint density at radius 3 is 2.06 bits per heavy atom. The number of benzene rings is 3. The number of aliphatic carboxylic acids is 1. The molecule has 8 amide bonds. The fourth-order valence-electron chi connectivity index (χ4n) is 7.44. The van der Waals surface area contributed by atoms with Gasteiger partial charge in [-0.3, -0.25) is 48.3 Å². The lowest BCUT2D eigenvalue weighted by Gasteiger charge is -2.26. The molecule has 4 unspecified atom stereocenters. The Morgan fingerprint density at radius 1 is 0.771 bits per heavy atom. The lowest BCUT2D eigenvalue weighted by Crippen LogP contribution is -2.55. The third-order valence-corrected chi connectivity index (χ3v) is 11.5. The van der Waals surface area contributed by atoms with Crippen molar-refractivity contribution < 1.29 is 60.6 Å². The Morgan fingerprint density at radius 2 is 1.41 bits per heavy atom. The number of nitrogens with zero attached hydrogens (tertiary/aromatic N) is 1. The minimum atomic E-state index is -4.71. The monoisotopic (exact) mass is 990 g/mol. The molecular formula is C48H62N8O13S. The molecule has 0 spiro atoms. The van der Waals surface area contributed by atoms with Gasteiger partial charge in [0.1, 0.15) is 17.8 Å². The molecule has 70 heavy (non-hydrogen) atoms. The quantitative estimate of drug-likeness (QED) is 0.0387. The van der Waals surface area contributed by atoms with Crippen molar-refractivity contribution in [2.75, 3.05) is 13.6 Å². The van der Waals surface area contributed by atoms with Crippen molar-refractivity contribution >= 4 is 68.7 Å². The summed E-state index contributed by atoms with van der Waals surface area (Å²) in [6.45, 7) is 4.51. The molecule has 0 aliphatic rings. The van der Waals surface area contributed by atoms with E-state index in [2.05, 4.69) is 41.1 Å². The van der Waals surface area contributed by atoms with E-state index in [0.717, 1.165) is 10.4 Å². The second-order valence-corrected chi connectivity index (χ2v) is 17.7. The zero-order valence-corrected chi connectivity index (χ0v) is 40.4. The average Bonchev–Trinajstić information content (AvgIpc) is 3.73. The van der Waals surface area contributed by atoms with Gasteiger partial charge in [-0.25, -0.2) is 4.79 Å². The Labute approximate surface area is 406 Å². The molecule has 4 rings (SSSR count). The first-order chi connectivity index (χ1) is 33.3. The van der Waals surface area contributed by atoms with E-state index >= 15 is 0 Å². The normalized spacial score (nSPS) is 12.9. The lowest BCUT2D eigenvalue weighted by atomic mass is 9.99. The number of carbonyl (C=O) groups excluding carboxylic acids is 7. The van der Waals surface area contributed by atoms with Crippen LogP contribution in [-0.4, -0.2) is 113 Å². The minimum Gasteiger partial charge on any atom is -0.481 e. The predicted molar refractivity (Wildman–Crippen MR) is 257 cm³/mol. The molecule has 1 heterocycles. The molecular weight excluding hydrogens is 929 g/mol. The number of nitrogens with one attached hydrogen (secondary N) is 7. The number of aromatic nitrogens is 1. The Bertz CT molecular complexity index is 2590. The van der Waals surface area contributed by atoms with E-state index in [1.807, 2.05) is 26.0 Å². The maximum absolute atomic E-state index is 14.2. The van der Waals surface area contributed by atoms with E-state index in [9.17, 15) is 46.8 Å². The number of imide groups is 2. The standard InChI is InChI=1S/C48H62N8O13S/c1-5-7-16-38(53-41(57)24-21-31-19-22-34(23-20-31)69-70(66,67)68)45(62)51-28-42(58)56(29-33-27-50-37-18-12-11-14-35(33)37)48(65)54-39(17-8-6-2)46(63)55-44(61)36-15-10-9-13-32(36)25-30(3)52-47(64)40(49-4)26-43(59)60/h9-15,18-20,22-23,27,30,38-40,49-50H,5-8,16-17,21,24-26,28-29H2,1-4H3,(H,51,62)(H,52,64)(H,53,57)(H,54,65)(H,59,60)(H,55,61,63)(H,66,67,68). The van der Waals surface area contributed by atoms with Gasteiger partial charge in [0.05, 0.1) is 25.6 Å². The van der Waals surface area contributed by atoms with Crippen LogP contribution in [0.2, 0.25) is 0 Å². The first-order valence-electron chi connectivity index (χ1n) is 22.9. The molecule has 0 radical (unpaired) electrons. The number of rotatable bonds is 27. The molecule has 22 heteroatoms. The van der Waals surface area contributed by atoms with Crippen molar-refractivity contribution in [3.8, 4) is 5.75 Å². The molecule has 0 saturated carbocycles. The highest BCUT2D eigenvalue weighted by Gasteiger charge is 2.31. The van der Waals surface area contributed by atoms with Gasteiger partial charge in [0.2, 0.25) is 29.5 Å². The van der Waals surface area contributed by atoms with Crippen molar-refractivity contribution in [1.29, 1.82) is 0 Å². The van der Waals surface area contributed by atoms with Crippen LogP contribution in [0.4, 0.5) is 4.79 Å². The van der Waals surface area contributed by atoms with Crippen LogP contribution >= 0.6 is 0 Å². The average molecular weight is 991 g/mol. The molecule has 4 aromatic rings. The second-order valence-electron chi connectivity index (χ2n) is 16.6. The minimum absolute atomic E-state index is 0.0508. The van der Waals surface area contributed by atoms with E-state index < -0.39 is 95.0 Å². The van der Waals surface area contributed by atoms with Gasteiger partial charge in [0.15, 0.2) is 0 Å². The fraction of sp³-hybridized carbons (Fsp3) is 0.417. The van der Waals surface area contributed by atoms with E-state index in [4.69, 9.17) is 9.66 Å². The van der Waals surface area contributed by atoms with Gasteiger partial charge in [-0.05, 0) is 80.6 Å². The number of aromatic amines is 1. The summed E-state index contributed by atoms with van der Waals surface area (Å²) in [5, 5.41) is 25.6. The van der Waals surface area contributed by atoms with Crippen molar-refractivity contribution in [1.82, 2.24) is 41.8 Å². The summed E-state index contributed by atoms with van der Waals surface area (Å²) in [6, 6.07) is 14.4. The van der Waals surface area contributed by atoms with E-state index in [-0.39, 0.29) is 50.0 Å². The SMILES string of the molecule is CCCCC(NC(=O)CCc1ccc(OS(=O)(=O)O)cc1)C(=O)NCC(=O)N(Cc1c[nH]c2ccccc12)C(=O)NC(CCCC)C(=O)NC(=O)c1ccccc1CC(C)NC(=O)C(CC(=O)O)NC. The highest BCUT2D eigenvalue weighted by Crippen LogP contribution is 2.21. The van der Waals surface area contributed by atoms with Gasteiger partial charge in [-0.2, -0.15) is 8.42 Å². The van der Waals surface area contributed by atoms with Gasteiger partial charge < -0.3 is 40.9 Å². The summed E-state index contributed by atoms with van der Waals surface area (Å²) in [4.78, 5) is 110. The number of hydrogen-bond acceptors (Lipinski definition) is 12. The van der Waals surface area contributed by atoms with Crippen molar-refractivity contribution in [2.24, 2.45) is 0 Å². The van der Waals surface area contributed by atoms with Crippen molar-refractivity contribution in [2.45, 2.75) is 116 Å². The maximum atomic E-state index is 14.2. The zero-order chi connectivity index (χ0) is 51.4. The lowest BCUT2D eigenvalue weighted by molar-refractivity contribution is -0.140. The zero-order valence-electron chi connectivity index (χ0n) is 39.5. The molecule has 0 bridgehead atoms. The van der Waals surface area contributed by atoms with Crippen molar-refractivity contribution in [3.05, 3.63) is 101 Å². The Balaban J connectivity index is 1.47. The molecule has 0 aliphatic heterocycles. The molecule has 0 aliphatic carbocycles. The fourth-order valence-corrected chi connectivity index (χ4v) is 7.79. The number of carbonyl (C=O) groups is 8. The molecule has 21 nitrogen and oxygen atoms in total. The number of carboxylic acids is 1. The number of urea groups is 1. The van der Waals surface area contributed by atoms with Crippen LogP contribution < -0.4 is 36.1 Å². The number of aryl methyl sites for hydroxylation is 1. The number of unbranched alkanes of at least 4 members (excludes halogenated alkanes) is 2. The van der Waals surface area contributed by atoms with E-state index in [1.54, 1.807) is 43.5 Å². The number of H-pyrrole nitrogens is 1. The molecule has 1 aromatic heterocycles. The van der Waals surface area contributed by atoms with Gasteiger partial charge in [-0.15, -0.1) is 0 Å². The van der Waals surface area contributed by atoms with Crippen LogP contribution in [-0.2, 0) is 58.6 Å². The summed E-state index contributed by atoms with van der Waals surface area (Å²) in [7, 11) is -3.24. The van der Waals surface area contributed by atoms with Gasteiger partial charge in [0, 0.05) is 35.1 Å². The summed E-state index contributed by atoms with van der Waals surface area (Å²) in [5.41, 5.74) is 2.52. The van der Waals surface area contributed by atoms with Gasteiger partial charge >= 0.3 is 22.4 Å². The summed E-state index contributed by atoms with van der Waals surface area (Å²) >= 11 is 0. The predicted octanol–water partition coefficient (Wildman–Crippen LogP) is 3.44.